The SMILES string of the molecule is CCCN(C(=O)c1ccncc1OC)c1cccc(N)c1. The predicted octanol–water partition coefficient (Wildman–Crippen LogP) is 2.73. The fraction of sp³-hybridized carbons (Fsp3) is 0.250. The first-order valence-electron chi connectivity index (χ1n) is 6.82. The standard InChI is InChI=1S/C16H19N3O2/c1-3-9-19(13-6-4-5-12(17)10-13)16(20)14-7-8-18-11-15(14)21-2/h4-8,10-11H,3,9,17H2,1-2H3. The van der Waals surface area contributed by atoms with Crippen molar-refractivity contribution in [1.29, 1.82) is 0 Å². The lowest BCUT2D eigenvalue weighted by Crippen LogP contribution is -2.32. The Labute approximate surface area is 124 Å². The number of aromatic nitrogens is 1. The Morgan fingerprint density at radius 1 is 1.38 bits per heavy atom. The van der Waals surface area contributed by atoms with Gasteiger partial charge in [-0.05, 0) is 30.7 Å². The highest BCUT2D eigenvalue weighted by Crippen LogP contribution is 2.24. The molecule has 21 heavy (non-hydrogen) atoms. The third kappa shape index (κ3) is 3.31. The summed E-state index contributed by atoms with van der Waals surface area (Å²) in [5.41, 5.74) is 7.71. The molecule has 5 heteroatoms. The summed E-state index contributed by atoms with van der Waals surface area (Å²) in [6.45, 7) is 2.63. The van der Waals surface area contributed by atoms with E-state index in [1.54, 1.807) is 29.3 Å². The van der Waals surface area contributed by atoms with Crippen LogP contribution >= 0.6 is 0 Å². The number of anilines is 2. The number of amides is 1. The van der Waals surface area contributed by atoms with Crippen molar-refractivity contribution in [3.63, 3.8) is 0 Å². The van der Waals surface area contributed by atoms with Gasteiger partial charge in [0.15, 0.2) is 0 Å². The number of nitrogen functional groups attached to an aromatic ring is 1. The van der Waals surface area contributed by atoms with Crippen LogP contribution in [0.2, 0.25) is 0 Å². The van der Waals surface area contributed by atoms with Crippen LogP contribution in [0.3, 0.4) is 0 Å². The van der Waals surface area contributed by atoms with Crippen molar-refractivity contribution in [2.75, 3.05) is 24.3 Å². The first-order valence-corrected chi connectivity index (χ1v) is 6.82. The Kier molecular flexibility index (Phi) is 4.77. The number of ether oxygens (including phenoxy) is 1. The Hall–Kier alpha value is -2.56. The number of methoxy groups -OCH3 is 1. The van der Waals surface area contributed by atoms with E-state index in [1.165, 1.54) is 13.3 Å². The molecule has 2 N–H and O–H groups in total. The fourth-order valence-electron chi connectivity index (χ4n) is 2.13. The van der Waals surface area contributed by atoms with Gasteiger partial charge >= 0.3 is 0 Å². The highest BCUT2D eigenvalue weighted by Gasteiger charge is 2.20. The van der Waals surface area contributed by atoms with Crippen LogP contribution < -0.4 is 15.4 Å². The van der Waals surface area contributed by atoms with E-state index in [9.17, 15) is 4.79 Å². The molecule has 1 aromatic heterocycles. The molecular formula is C16H19N3O2. The molecule has 1 heterocycles. The second-order valence-electron chi connectivity index (χ2n) is 4.63. The zero-order chi connectivity index (χ0) is 15.2. The maximum atomic E-state index is 12.8. The van der Waals surface area contributed by atoms with Crippen LogP contribution in [0.15, 0.2) is 42.7 Å². The quantitative estimate of drug-likeness (QED) is 0.858. The van der Waals surface area contributed by atoms with Gasteiger partial charge < -0.3 is 15.4 Å². The predicted molar refractivity (Wildman–Crippen MR) is 83.6 cm³/mol. The molecule has 0 aliphatic carbocycles. The molecule has 0 spiro atoms. The zero-order valence-electron chi connectivity index (χ0n) is 12.2. The third-order valence-electron chi connectivity index (χ3n) is 3.11. The van der Waals surface area contributed by atoms with Crippen LogP contribution in [0.1, 0.15) is 23.7 Å². The number of rotatable bonds is 5. The van der Waals surface area contributed by atoms with Gasteiger partial charge in [-0.1, -0.05) is 13.0 Å². The van der Waals surface area contributed by atoms with Crippen molar-refractivity contribution >= 4 is 17.3 Å². The molecule has 1 aromatic carbocycles. The molecule has 0 bridgehead atoms. The van der Waals surface area contributed by atoms with E-state index in [1.807, 2.05) is 19.1 Å². The third-order valence-corrected chi connectivity index (χ3v) is 3.11. The summed E-state index contributed by atoms with van der Waals surface area (Å²) in [5.74, 6) is 0.342. The van der Waals surface area contributed by atoms with Crippen LogP contribution in [0.5, 0.6) is 5.75 Å². The molecule has 0 fully saturated rings. The molecule has 0 saturated heterocycles. The average molecular weight is 285 g/mol. The van der Waals surface area contributed by atoms with Crippen molar-refractivity contribution in [2.24, 2.45) is 0 Å². The van der Waals surface area contributed by atoms with Gasteiger partial charge in [-0.25, -0.2) is 0 Å². The zero-order valence-corrected chi connectivity index (χ0v) is 12.2. The van der Waals surface area contributed by atoms with Gasteiger partial charge in [-0.2, -0.15) is 0 Å². The maximum Gasteiger partial charge on any atom is 0.262 e. The number of hydrogen-bond donors (Lipinski definition) is 1. The minimum atomic E-state index is -0.123. The summed E-state index contributed by atoms with van der Waals surface area (Å²) >= 11 is 0. The molecule has 0 unspecified atom stereocenters. The van der Waals surface area contributed by atoms with E-state index in [0.29, 0.717) is 23.5 Å². The number of benzene rings is 1. The van der Waals surface area contributed by atoms with Crippen LogP contribution in [-0.4, -0.2) is 24.5 Å². The Bertz CT molecular complexity index is 628. The lowest BCUT2D eigenvalue weighted by molar-refractivity contribution is 0.0984. The Morgan fingerprint density at radius 3 is 2.86 bits per heavy atom. The first kappa shape index (κ1) is 14.8. The molecule has 0 aliphatic rings. The Balaban J connectivity index is 2.40. The van der Waals surface area contributed by atoms with Crippen molar-refractivity contribution in [3.05, 3.63) is 48.3 Å². The van der Waals surface area contributed by atoms with E-state index in [0.717, 1.165) is 12.1 Å². The number of carbonyl (C=O) groups is 1. The van der Waals surface area contributed by atoms with Gasteiger partial charge in [0.1, 0.15) is 5.75 Å². The summed E-state index contributed by atoms with van der Waals surface area (Å²) < 4.78 is 5.22. The number of nitrogens with zero attached hydrogens (tertiary/aromatic N) is 2. The molecule has 1 amide bonds. The van der Waals surface area contributed by atoms with Crippen LogP contribution in [-0.2, 0) is 0 Å². The molecule has 0 aliphatic heterocycles. The van der Waals surface area contributed by atoms with Crippen molar-refractivity contribution in [3.8, 4) is 5.75 Å². The molecule has 110 valence electrons. The first-order chi connectivity index (χ1) is 10.2. The van der Waals surface area contributed by atoms with Gasteiger partial charge in [0.2, 0.25) is 0 Å². The van der Waals surface area contributed by atoms with E-state index in [2.05, 4.69) is 4.98 Å². The molecular weight excluding hydrogens is 266 g/mol. The summed E-state index contributed by atoms with van der Waals surface area (Å²) in [7, 11) is 1.53. The molecule has 0 atom stereocenters. The largest absolute Gasteiger partial charge is 0.494 e. The minimum absolute atomic E-state index is 0.123. The monoisotopic (exact) mass is 285 g/mol. The fourth-order valence-corrected chi connectivity index (χ4v) is 2.13. The van der Waals surface area contributed by atoms with Gasteiger partial charge in [-0.3, -0.25) is 9.78 Å². The van der Waals surface area contributed by atoms with E-state index in [4.69, 9.17) is 10.5 Å². The molecule has 2 aromatic rings. The normalized spacial score (nSPS) is 10.2. The van der Waals surface area contributed by atoms with Crippen molar-refractivity contribution in [1.82, 2.24) is 4.98 Å². The van der Waals surface area contributed by atoms with Crippen molar-refractivity contribution in [2.45, 2.75) is 13.3 Å². The Morgan fingerprint density at radius 2 is 2.19 bits per heavy atom. The molecule has 0 radical (unpaired) electrons. The van der Waals surface area contributed by atoms with Crippen LogP contribution in [0, 0.1) is 0 Å². The van der Waals surface area contributed by atoms with E-state index < -0.39 is 0 Å². The number of nitrogens with two attached hydrogens (primary N) is 1. The van der Waals surface area contributed by atoms with Crippen LogP contribution in [0.4, 0.5) is 11.4 Å². The number of hydrogen-bond acceptors (Lipinski definition) is 4. The smallest absolute Gasteiger partial charge is 0.262 e. The lowest BCUT2D eigenvalue weighted by atomic mass is 10.1. The highest BCUT2D eigenvalue weighted by molar-refractivity contribution is 6.07. The lowest BCUT2D eigenvalue weighted by Gasteiger charge is -2.23. The van der Waals surface area contributed by atoms with Gasteiger partial charge in [0, 0.05) is 24.1 Å². The van der Waals surface area contributed by atoms with Crippen LogP contribution in [0.25, 0.3) is 0 Å². The summed E-state index contributed by atoms with van der Waals surface area (Å²) in [4.78, 5) is 18.5. The number of pyridine rings is 1. The van der Waals surface area contributed by atoms with Gasteiger partial charge in [0.05, 0.1) is 18.9 Å². The second-order valence-corrected chi connectivity index (χ2v) is 4.63. The average Bonchev–Trinajstić information content (AvgIpc) is 2.52. The summed E-state index contributed by atoms with van der Waals surface area (Å²) in [6.07, 6.45) is 3.96. The van der Waals surface area contributed by atoms with Gasteiger partial charge in [-0.15, -0.1) is 0 Å². The van der Waals surface area contributed by atoms with Gasteiger partial charge in [0.25, 0.3) is 5.91 Å². The second kappa shape index (κ2) is 6.74. The number of carbonyl (C=O) groups excluding carboxylic acids is 1. The maximum absolute atomic E-state index is 12.8. The molecule has 5 nitrogen and oxygen atoms in total. The van der Waals surface area contributed by atoms with E-state index >= 15 is 0 Å². The topological polar surface area (TPSA) is 68.5 Å². The van der Waals surface area contributed by atoms with Crippen molar-refractivity contribution < 1.29 is 9.53 Å². The minimum Gasteiger partial charge on any atom is -0.494 e. The van der Waals surface area contributed by atoms with E-state index in [-0.39, 0.29) is 5.91 Å². The molecule has 0 saturated carbocycles. The molecule has 2 rings (SSSR count). The summed E-state index contributed by atoms with van der Waals surface area (Å²) in [6, 6.07) is 8.96. The highest BCUT2D eigenvalue weighted by atomic mass is 16.5. The summed E-state index contributed by atoms with van der Waals surface area (Å²) in [5, 5.41) is 0.